The number of benzene rings is 1. The molecule has 0 bridgehead atoms. The van der Waals surface area contributed by atoms with Gasteiger partial charge < -0.3 is 9.47 Å². The summed E-state index contributed by atoms with van der Waals surface area (Å²) in [5.74, 6) is 0.279. The molecule has 3 rings (SSSR count). The zero-order valence-corrected chi connectivity index (χ0v) is 13.7. The minimum Gasteiger partial charge on any atom is -0.377 e. The molecule has 2 atom stereocenters. The zero-order chi connectivity index (χ0) is 16.1. The van der Waals surface area contributed by atoms with Crippen LogP contribution in [0, 0.1) is 11.7 Å². The summed E-state index contributed by atoms with van der Waals surface area (Å²) in [6.07, 6.45) is 5.27. The van der Waals surface area contributed by atoms with Crippen LogP contribution in [-0.4, -0.2) is 43.4 Å². The lowest BCUT2D eigenvalue weighted by atomic mass is 9.89. The van der Waals surface area contributed by atoms with E-state index >= 15 is 0 Å². The highest BCUT2D eigenvalue weighted by Crippen LogP contribution is 2.41. The molecule has 1 saturated heterocycles. The highest BCUT2D eigenvalue weighted by atomic mass is 19.1. The molecule has 0 N–H and O–H groups in total. The van der Waals surface area contributed by atoms with Crippen LogP contribution in [-0.2, 0) is 16.0 Å². The van der Waals surface area contributed by atoms with Gasteiger partial charge in [0.25, 0.3) is 0 Å². The second-order valence-corrected chi connectivity index (χ2v) is 6.67. The maximum Gasteiger partial charge on any atom is 0.123 e. The van der Waals surface area contributed by atoms with Crippen molar-refractivity contribution >= 4 is 0 Å². The van der Waals surface area contributed by atoms with Gasteiger partial charge in [-0.05, 0) is 30.5 Å². The molecule has 0 radical (unpaired) electrons. The number of hydrogen-bond acceptors (Lipinski definition) is 3. The predicted molar refractivity (Wildman–Crippen MR) is 88.7 cm³/mol. The van der Waals surface area contributed by atoms with E-state index in [0.717, 1.165) is 44.8 Å². The Morgan fingerprint density at radius 1 is 1.39 bits per heavy atom. The molecule has 0 aromatic heterocycles. The van der Waals surface area contributed by atoms with Crippen molar-refractivity contribution in [3.63, 3.8) is 0 Å². The van der Waals surface area contributed by atoms with E-state index in [1.807, 2.05) is 12.1 Å². The van der Waals surface area contributed by atoms with Crippen molar-refractivity contribution in [2.45, 2.75) is 31.4 Å². The monoisotopic (exact) mass is 319 g/mol. The van der Waals surface area contributed by atoms with Crippen LogP contribution in [0.1, 0.15) is 24.8 Å². The highest BCUT2D eigenvalue weighted by molar-refractivity contribution is 5.16. The fourth-order valence-corrected chi connectivity index (χ4v) is 3.91. The van der Waals surface area contributed by atoms with Gasteiger partial charge in [0.2, 0.25) is 0 Å². The van der Waals surface area contributed by atoms with Gasteiger partial charge in [0, 0.05) is 25.6 Å². The van der Waals surface area contributed by atoms with Crippen molar-refractivity contribution in [3.05, 3.63) is 48.3 Å². The molecule has 23 heavy (non-hydrogen) atoms. The summed E-state index contributed by atoms with van der Waals surface area (Å²) in [5.41, 5.74) is 1.08. The third-order valence-corrected chi connectivity index (χ3v) is 5.06. The van der Waals surface area contributed by atoms with Crippen molar-refractivity contribution in [1.82, 2.24) is 4.90 Å². The number of ether oxygens (including phenoxy) is 2. The van der Waals surface area contributed by atoms with E-state index in [9.17, 15) is 4.39 Å². The molecular formula is C19H26FNO2. The second kappa shape index (κ2) is 7.56. The molecule has 1 spiro atoms. The molecule has 0 amide bonds. The first-order valence-corrected chi connectivity index (χ1v) is 8.51. The Labute approximate surface area is 138 Å². The van der Waals surface area contributed by atoms with Crippen LogP contribution in [0.2, 0.25) is 0 Å². The molecule has 1 aliphatic carbocycles. The van der Waals surface area contributed by atoms with Crippen LogP contribution in [0.15, 0.2) is 36.9 Å². The van der Waals surface area contributed by atoms with E-state index in [0.29, 0.717) is 12.5 Å². The summed E-state index contributed by atoms with van der Waals surface area (Å²) in [4.78, 5) is 2.43. The molecule has 126 valence electrons. The number of hydrogen-bond donors (Lipinski definition) is 0. The van der Waals surface area contributed by atoms with E-state index < -0.39 is 0 Å². The molecular weight excluding hydrogens is 293 g/mol. The lowest BCUT2D eigenvalue weighted by Gasteiger charge is -2.44. The smallest absolute Gasteiger partial charge is 0.123 e. The molecule has 2 fully saturated rings. The second-order valence-electron chi connectivity index (χ2n) is 6.67. The normalized spacial score (nSPS) is 28.3. The van der Waals surface area contributed by atoms with Crippen LogP contribution < -0.4 is 0 Å². The number of rotatable bonds is 6. The summed E-state index contributed by atoms with van der Waals surface area (Å²) in [6, 6.07) is 6.81. The molecule has 1 heterocycles. The van der Waals surface area contributed by atoms with Crippen LogP contribution in [0.5, 0.6) is 0 Å². The predicted octanol–water partition coefficient (Wildman–Crippen LogP) is 3.40. The Morgan fingerprint density at radius 2 is 2.22 bits per heavy atom. The van der Waals surface area contributed by atoms with Gasteiger partial charge in [-0.15, -0.1) is 6.58 Å². The van der Waals surface area contributed by atoms with Gasteiger partial charge in [-0.25, -0.2) is 4.39 Å². The van der Waals surface area contributed by atoms with Crippen molar-refractivity contribution in [2.24, 2.45) is 5.92 Å². The molecule has 0 unspecified atom stereocenters. The average molecular weight is 319 g/mol. The summed E-state index contributed by atoms with van der Waals surface area (Å²) >= 11 is 0. The largest absolute Gasteiger partial charge is 0.377 e. The number of morpholine rings is 1. The first-order chi connectivity index (χ1) is 11.2. The minimum atomic E-state index is -0.178. The maximum atomic E-state index is 13.1. The fraction of sp³-hybridized carbons (Fsp3) is 0.579. The third kappa shape index (κ3) is 4.00. The van der Waals surface area contributed by atoms with Gasteiger partial charge in [0.1, 0.15) is 5.82 Å². The topological polar surface area (TPSA) is 21.7 Å². The molecule has 3 nitrogen and oxygen atoms in total. The Morgan fingerprint density at radius 3 is 3.00 bits per heavy atom. The Bertz CT molecular complexity index is 519. The summed E-state index contributed by atoms with van der Waals surface area (Å²) in [7, 11) is 0. The van der Waals surface area contributed by atoms with Gasteiger partial charge in [-0.1, -0.05) is 24.6 Å². The van der Waals surface area contributed by atoms with Gasteiger partial charge in [0.15, 0.2) is 0 Å². The number of nitrogens with zero attached hydrogens (tertiary/aromatic N) is 1. The Kier molecular flexibility index (Phi) is 5.46. The standard InChI is InChI=1S/C19H26FNO2/c1-2-11-22-14-17-4-3-9-19(17)15-21(10-12-23-19)13-16-5-7-18(20)8-6-16/h2,5-8,17H,1,3-4,9-15H2/t17-,19+/m0/s1. The van der Waals surface area contributed by atoms with Gasteiger partial charge in [0.05, 0.1) is 25.4 Å². The van der Waals surface area contributed by atoms with E-state index in [1.165, 1.54) is 25.0 Å². The van der Waals surface area contributed by atoms with Gasteiger partial charge >= 0.3 is 0 Å². The summed E-state index contributed by atoms with van der Waals surface area (Å²) in [6.45, 7) is 8.53. The van der Waals surface area contributed by atoms with Crippen molar-refractivity contribution < 1.29 is 13.9 Å². The minimum absolute atomic E-state index is 0.0700. The zero-order valence-electron chi connectivity index (χ0n) is 13.7. The van der Waals surface area contributed by atoms with E-state index in [2.05, 4.69) is 11.5 Å². The van der Waals surface area contributed by atoms with Crippen molar-refractivity contribution in [3.8, 4) is 0 Å². The van der Waals surface area contributed by atoms with Gasteiger partial charge in [-0.3, -0.25) is 4.90 Å². The summed E-state index contributed by atoms with van der Waals surface area (Å²) < 4.78 is 25.0. The van der Waals surface area contributed by atoms with Crippen LogP contribution in [0.4, 0.5) is 4.39 Å². The van der Waals surface area contributed by atoms with Gasteiger partial charge in [-0.2, -0.15) is 0 Å². The lowest BCUT2D eigenvalue weighted by Crippen LogP contribution is -2.54. The van der Waals surface area contributed by atoms with Crippen LogP contribution >= 0.6 is 0 Å². The van der Waals surface area contributed by atoms with Crippen molar-refractivity contribution in [2.75, 3.05) is 32.9 Å². The molecule has 4 heteroatoms. The SMILES string of the molecule is C=CCOC[C@@H]1CCC[C@@]12CN(Cc1ccc(F)cc1)CCO2. The first kappa shape index (κ1) is 16.6. The maximum absolute atomic E-state index is 13.1. The molecule has 1 saturated carbocycles. The van der Waals surface area contributed by atoms with Crippen LogP contribution in [0.3, 0.4) is 0 Å². The highest BCUT2D eigenvalue weighted by Gasteiger charge is 2.46. The lowest BCUT2D eigenvalue weighted by molar-refractivity contribution is -0.142. The van der Waals surface area contributed by atoms with E-state index in [-0.39, 0.29) is 11.4 Å². The molecule has 1 aromatic rings. The first-order valence-electron chi connectivity index (χ1n) is 8.51. The van der Waals surface area contributed by atoms with Crippen LogP contribution in [0.25, 0.3) is 0 Å². The van der Waals surface area contributed by atoms with E-state index in [1.54, 1.807) is 6.08 Å². The van der Waals surface area contributed by atoms with E-state index in [4.69, 9.17) is 9.47 Å². The molecule has 1 aromatic carbocycles. The third-order valence-electron chi connectivity index (χ3n) is 5.06. The Balaban J connectivity index is 1.62. The quantitative estimate of drug-likeness (QED) is 0.592. The Hall–Kier alpha value is -1.23. The molecule has 2 aliphatic rings. The molecule has 1 aliphatic heterocycles. The average Bonchev–Trinajstić information content (AvgIpc) is 2.92. The summed E-state index contributed by atoms with van der Waals surface area (Å²) in [5, 5.41) is 0. The number of halogens is 1. The fourth-order valence-electron chi connectivity index (χ4n) is 3.91. The van der Waals surface area contributed by atoms with Crippen molar-refractivity contribution in [1.29, 1.82) is 0 Å².